The number of nitrogens with two attached hydrogens (primary N) is 1. The van der Waals surface area contributed by atoms with Crippen LogP contribution in [-0.2, 0) is 15.1 Å². The molecule has 0 aliphatic carbocycles. The summed E-state index contributed by atoms with van der Waals surface area (Å²) in [5.74, 6) is -1.49. The maximum Gasteiger partial charge on any atom is 0.319 e. The lowest BCUT2D eigenvalue weighted by Crippen LogP contribution is -2.62. The van der Waals surface area contributed by atoms with Gasteiger partial charge in [-0.1, -0.05) is 80.6 Å². The summed E-state index contributed by atoms with van der Waals surface area (Å²) in [5, 5.41) is 5.27. The van der Waals surface area contributed by atoms with E-state index in [1.807, 2.05) is 32.0 Å². The topological polar surface area (TPSA) is 105 Å². The molecule has 0 fully saturated rings. The van der Waals surface area contributed by atoms with Gasteiger partial charge in [0.15, 0.2) is 5.54 Å². The average molecular weight is 445 g/mol. The predicted molar refractivity (Wildman–Crippen MR) is 130 cm³/mol. The minimum Gasteiger partial charge on any atom is -0.367 e. The van der Waals surface area contributed by atoms with Crippen LogP contribution < -0.4 is 21.3 Å². The number of urea groups is 1. The Kier molecular flexibility index (Phi) is 7.46. The fourth-order valence-electron chi connectivity index (χ4n) is 4.00. The second-order valence-electron chi connectivity index (χ2n) is 7.89. The summed E-state index contributed by atoms with van der Waals surface area (Å²) in [6, 6.07) is 26.2. The van der Waals surface area contributed by atoms with Gasteiger partial charge in [-0.2, -0.15) is 0 Å². The molecular formula is C26H28N4O3. The third-order valence-corrected chi connectivity index (χ3v) is 5.47. The maximum absolute atomic E-state index is 13.6. The first-order chi connectivity index (χ1) is 15.9. The second kappa shape index (κ2) is 10.5. The molecule has 0 heterocycles. The fraction of sp³-hybridized carbons (Fsp3) is 0.192. The summed E-state index contributed by atoms with van der Waals surface area (Å²) < 4.78 is 0. The Labute approximate surface area is 193 Å². The van der Waals surface area contributed by atoms with Gasteiger partial charge >= 0.3 is 6.03 Å². The monoisotopic (exact) mass is 444 g/mol. The van der Waals surface area contributed by atoms with Crippen molar-refractivity contribution in [3.8, 4) is 0 Å². The van der Waals surface area contributed by atoms with Gasteiger partial charge in [0.2, 0.25) is 11.8 Å². The zero-order valence-electron chi connectivity index (χ0n) is 18.7. The van der Waals surface area contributed by atoms with E-state index in [2.05, 4.69) is 10.6 Å². The molecule has 0 saturated heterocycles. The summed E-state index contributed by atoms with van der Waals surface area (Å²) in [6.45, 7) is 3.36. The number of primary amides is 1. The number of hydrogen-bond donors (Lipinski definition) is 3. The first kappa shape index (κ1) is 23.5. The number of amides is 4. The van der Waals surface area contributed by atoms with Gasteiger partial charge in [0.05, 0.1) is 6.54 Å². The molecule has 0 unspecified atom stereocenters. The summed E-state index contributed by atoms with van der Waals surface area (Å²) in [4.78, 5) is 40.5. The van der Waals surface area contributed by atoms with E-state index < -0.39 is 23.4 Å². The summed E-state index contributed by atoms with van der Waals surface area (Å²) in [7, 11) is 0. The van der Waals surface area contributed by atoms with E-state index in [0.717, 1.165) is 0 Å². The molecule has 3 aromatic carbocycles. The molecule has 7 heteroatoms. The largest absolute Gasteiger partial charge is 0.367 e. The van der Waals surface area contributed by atoms with Crippen LogP contribution in [-0.4, -0.2) is 24.4 Å². The molecule has 0 radical (unpaired) electrons. The third kappa shape index (κ3) is 5.03. The van der Waals surface area contributed by atoms with Crippen molar-refractivity contribution in [3.63, 3.8) is 0 Å². The van der Waals surface area contributed by atoms with Gasteiger partial charge in [0.1, 0.15) is 0 Å². The Morgan fingerprint density at radius 3 is 1.88 bits per heavy atom. The number of rotatable bonds is 8. The van der Waals surface area contributed by atoms with Crippen LogP contribution in [0, 0.1) is 5.92 Å². The van der Waals surface area contributed by atoms with Crippen molar-refractivity contribution in [2.75, 3.05) is 16.8 Å². The molecule has 4 amide bonds. The van der Waals surface area contributed by atoms with Crippen LogP contribution in [0.4, 0.5) is 16.2 Å². The lowest BCUT2D eigenvalue weighted by Gasteiger charge is -2.45. The first-order valence-corrected chi connectivity index (χ1v) is 10.7. The quantitative estimate of drug-likeness (QED) is 0.491. The van der Waals surface area contributed by atoms with Crippen molar-refractivity contribution in [2.24, 2.45) is 11.7 Å². The third-order valence-electron chi connectivity index (χ3n) is 5.47. The minimum absolute atomic E-state index is 0.331. The molecular weight excluding hydrogens is 416 g/mol. The highest BCUT2D eigenvalue weighted by atomic mass is 16.2. The Morgan fingerprint density at radius 1 is 0.848 bits per heavy atom. The number of anilines is 2. The van der Waals surface area contributed by atoms with Gasteiger partial charge < -0.3 is 16.4 Å². The smallest absolute Gasteiger partial charge is 0.319 e. The van der Waals surface area contributed by atoms with Gasteiger partial charge in [-0.3, -0.25) is 14.5 Å². The molecule has 0 bridgehead atoms. The lowest BCUT2D eigenvalue weighted by atomic mass is 9.77. The van der Waals surface area contributed by atoms with Crippen LogP contribution in [0.1, 0.15) is 19.4 Å². The van der Waals surface area contributed by atoms with Gasteiger partial charge in [-0.25, -0.2) is 4.79 Å². The molecule has 170 valence electrons. The highest BCUT2D eigenvalue weighted by molar-refractivity contribution is 6.06. The normalized spacial score (nSPS) is 12.5. The molecule has 0 aromatic heterocycles. The van der Waals surface area contributed by atoms with Crippen LogP contribution in [0.15, 0.2) is 91.0 Å². The zero-order valence-corrected chi connectivity index (χ0v) is 18.7. The number of carbonyl (C=O) groups is 3. The molecule has 33 heavy (non-hydrogen) atoms. The standard InChI is InChI=1S/C26H28N4O3/c1-19(2)26(24(27)32,20-12-6-3-7-13-20)30(22-16-10-5-11-17-22)23(31)18-28-25(33)29-21-14-8-4-9-15-21/h3-17,19H,18H2,1-2H3,(H2,27,32)(H2,28,29,33)/t26-/m1/s1. The number of hydrogen-bond acceptors (Lipinski definition) is 3. The van der Waals surface area contributed by atoms with Gasteiger partial charge in [0, 0.05) is 11.4 Å². The number of para-hydroxylation sites is 2. The van der Waals surface area contributed by atoms with Crippen molar-refractivity contribution >= 4 is 29.2 Å². The maximum atomic E-state index is 13.6. The minimum atomic E-state index is -1.46. The van der Waals surface area contributed by atoms with Gasteiger partial charge in [-0.05, 0) is 35.7 Å². The SMILES string of the molecule is CC(C)[C@](C(N)=O)(c1ccccc1)N(C(=O)CNC(=O)Nc1ccccc1)c1ccccc1. The molecule has 3 aromatic rings. The summed E-state index contributed by atoms with van der Waals surface area (Å²) >= 11 is 0. The number of benzene rings is 3. The van der Waals surface area contributed by atoms with Crippen LogP contribution in [0.25, 0.3) is 0 Å². The van der Waals surface area contributed by atoms with Crippen molar-refractivity contribution in [1.29, 1.82) is 0 Å². The highest BCUT2D eigenvalue weighted by Gasteiger charge is 2.50. The Morgan fingerprint density at radius 2 is 1.36 bits per heavy atom. The first-order valence-electron chi connectivity index (χ1n) is 10.7. The van der Waals surface area contributed by atoms with Crippen LogP contribution in [0.3, 0.4) is 0 Å². The molecule has 0 spiro atoms. The van der Waals surface area contributed by atoms with Crippen LogP contribution in [0.5, 0.6) is 0 Å². The number of carbonyl (C=O) groups excluding carboxylic acids is 3. The average Bonchev–Trinajstić information content (AvgIpc) is 2.82. The second-order valence-corrected chi connectivity index (χ2v) is 7.89. The molecule has 7 nitrogen and oxygen atoms in total. The van der Waals surface area contributed by atoms with Crippen LogP contribution >= 0.6 is 0 Å². The van der Waals surface area contributed by atoms with E-state index in [0.29, 0.717) is 16.9 Å². The molecule has 0 saturated carbocycles. The highest BCUT2D eigenvalue weighted by Crippen LogP contribution is 2.39. The lowest BCUT2D eigenvalue weighted by molar-refractivity contribution is -0.130. The Hall–Kier alpha value is -4.13. The van der Waals surface area contributed by atoms with E-state index in [1.54, 1.807) is 72.8 Å². The van der Waals surface area contributed by atoms with E-state index >= 15 is 0 Å². The van der Waals surface area contributed by atoms with E-state index in [1.165, 1.54) is 4.90 Å². The summed E-state index contributed by atoms with van der Waals surface area (Å²) in [6.07, 6.45) is 0. The molecule has 0 aliphatic rings. The van der Waals surface area contributed by atoms with Gasteiger partial charge in [0.25, 0.3) is 0 Å². The van der Waals surface area contributed by atoms with E-state index in [9.17, 15) is 14.4 Å². The Bertz CT molecular complexity index is 1090. The molecule has 4 N–H and O–H groups in total. The fourth-order valence-corrected chi connectivity index (χ4v) is 4.00. The van der Waals surface area contributed by atoms with Crippen molar-refractivity contribution < 1.29 is 14.4 Å². The zero-order chi connectivity index (χ0) is 23.8. The Balaban J connectivity index is 1.97. The van der Waals surface area contributed by atoms with Crippen molar-refractivity contribution in [2.45, 2.75) is 19.4 Å². The number of nitrogens with zero attached hydrogens (tertiary/aromatic N) is 1. The predicted octanol–water partition coefficient (Wildman–Crippen LogP) is 3.88. The van der Waals surface area contributed by atoms with Crippen LogP contribution in [0.2, 0.25) is 0 Å². The summed E-state index contributed by atoms with van der Waals surface area (Å²) in [5.41, 5.74) is 6.24. The molecule has 0 aliphatic heterocycles. The van der Waals surface area contributed by atoms with Crippen molar-refractivity contribution in [1.82, 2.24) is 5.32 Å². The van der Waals surface area contributed by atoms with Gasteiger partial charge in [-0.15, -0.1) is 0 Å². The number of nitrogens with one attached hydrogen (secondary N) is 2. The van der Waals surface area contributed by atoms with Crippen molar-refractivity contribution in [3.05, 3.63) is 96.6 Å². The van der Waals surface area contributed by atoms with E-state index in [-0.39, 0.29) is 12.5 Å². The van der Waals surface area contributed by atoms with E-state index in [4.69, 9.17) is 5.73 Å². The molecule has 3 rings (SSSR count). The molecule has 1 atom stereocenters.